The second kappa shape index (κ2) is 8.31. The molecule has 29 heavy (non-hydrogen) atoms. The fourth-order valence-electron chi connectivity index (χ4n) is 4.41. The Bertz CT molecular complexity index is 842. The molecule has 1 heterocycles. The van der Waals surface area contributed by atoms with Crippen LogP contribution in [0, 0.1) is 17.8 Å². The average Bonchev–Trinajstić information content (AvgIpc) is 3.12. The first-order chi connectivity index (χ1) is 13.3. The van der Waals surface area contributed by atoms with Crippen LogP contribution in [0.25, 0.3) is 11.4 Å². The summed E-state index contributed by atoms with van der Waals surface area (Å²) < 4.78 is 41.9. The Labute approximate surface area is 171 Å². The number of anilines is 1. The Morgan fingerprint density at radius 2 is 1.76 bits per heavy atom. The van der Waals surface area contributed by atoms with Crippen molar-refractivity contribution in [3.8, 4) is 11.4 Å². The smallest absolute Gasteiger partial charge is 0.329 e. The first-order valence-corrected chi connectivity index (χ1v) is 9.39. The highest BCUT2D eigenvalue weighted by atomic mass is 35.5. The minimum atomic E-state index is -4.68. The molecular weight excluding hydrogens is 409 g/mol. The first-order valence-electron chi connectivity index (χ1n) is 9.39. The summed E-state index contributed by atoms with van der Waals surface area (Å²) >= 11 is 0. The van der Waals surface area contributed by atoms with Gasteiger partial charge in [-0.1, -0.05) is 11.6 Å². The van der Waals surface area contributed by atoms with E-state index in [2.05, 4.69) is 20.0 Å². The molecule has 0 spiro atoms. The summed E-state index contributed by atoms with van der Waals surface area (Å²) in [6.45, 7) is 0. The van der Waals surface area contributed by atoms with Gasteiger partial charge in [-0.3, -0.25) is 4.79 Å². The molecular formula is C19H22ClF3N4O2. The fourth-order valence-corrected chi connectivity index (χ4v) is 4.41. The summed E-state index contributed by atoms with van der Waals surface area (Å²) in [5.41, 5.74) is 7.23. The maximum Gasteiger partial charge on any atom is 0.471 e. The Morgan fingerprint density at radius 1 is 1.14 bits per heavy atom. The van der Waals surface area contributed by atoms with E-state index in [4.69, 9.17) is 5.73 Å². The first kappa shape index (κ1) is 21.6. The van der Waals surface area contributed by atoms with E-state index in [0.29, 0.717) is 23.1 Å². The summed E-state index contributed by atoms with van der Waals surface area (Å²) in [7, 11) is 0. The number of carbonyl (C=O) groups excluding carboxylic acids is 1. The van der Waals surface area contributed by atoms with Crippen molar-refractivity contribution in [1.29, 1.82) is 0 Å². The number of halogens is 4. The zero-order valence-electron chi connectivity index (χ0n) is 15.5. The monoisotopic (exact) mass is 430 g/mol. The number of nitrogens with zero attached hydrogens (tertiary/aromatic N) is 2. The molecule has 2 bridgehead atoms. The van der Waals surface area contributed by atoms with Gasteiger partial charge in [0.2, 0.25) is 11.7 Å². The van der Waals surface area contributed by atoms with Gasteiger partial charge in [0.25, 0.3) is 0 Å². The Kier molecular flexibility index (Phi) is 6.19. The SMILES string of the molecule is Cl.NC1C2CCCC1CC(C(=O)Nc1ccc(-c3noc(C(F)(F)F)n3)cc1)C2. The minimum absolute atomic E-state index is 0. The van der Waals surface area contributed by atoms with E-state index in [1.54, 1.807) is 24.3 Å². The van der Waals surface area contributed by atoms with Crippen molar-refractivity contribution in [2.24, 2.45) is 23.5 Å². The average molecular weight is 431 g/mol. The maximum absolute atomic E-state index is 12.7. The second-order valence-corrected chi connectivity index (χ2v) is 7.68. The van der Waals surface area contributed by atoms with E-state index in [1.807, 2.05) is 0 Å². The van der Waals surface area contributed by atoms with Crippen LogP contribution in [-0.2, 0) is 11.0 Å². The van der Waals surface area contributed by atoms with Crippen molar-refractivity contribution >= 4 is 24.0 Å². The highest BCUT2D eigenvalue weighted by Crippen LogP contribution is 2.42. The van der Waals surface area contributed by atoms with Gasteiger partial charge in [-0.25, -0.2) is 0 Å². The minimum Gasteiger partial charge on any atom is -0.329 e. The normalized spacial score (nSPS) is 26.5. The van der Waals surface area contributed by atoms with Crippen LogP contribution in [0.15, 0.2) is 28.8 Å². The van der Waals surface area contributed by atoms with E-state index in [1.165, 1.54) is 6.42 Å². The molecule has 158 valence electrons. The lowest BCUT2D eigenvalue weighted by Gasteiger charge is -2.43. The zero-order valence-corrected chi connectivity index (χ0v) is 16.3. The molecule has 2 aromatic rings. The Balaban J connectivity index is 0.00000240. The molecule has 0 aliphatic heterocycles. The number of rotatable bonds is 3. The Morgan fingerprint density at radius 3 is 2.31 bits per heavy atom. The van der Waals surface area contributed by atoms with Gasteiger partial charge in [0, 0.05) is 23.2 Å². The Hall–Kier alpha value is -2.13. The molecule has 2 aliphatic carbocycles. The maximum atomic E-state index is 12.7. The molecule has 4 rings (SSSR count). The molecule has 3 N–H and O–H groups in total. The second-order valence-electron chi connectivity index (χ2n) is 7.68. The van der Waals surface area contributed by atoms with Gasteiger partial charge in [0.15, 0.2) is 0 Å². The summed E-state index contributed by atoms with van der Waals surface area (Å²) in [6, 6.07) is 6.53. The lowest BCUT2D eigenvalue weighted by atomic mass is 9.65. The van der Waals surface area contributed by atoms with Crippen molar-refractivity contribution in [3.63, 3.8) is 0 Å². The molecule has 6 nitrogen and oxygen atoms in total. The number of amides is 1. The van der Waals surface area contributed by atoms with Crippen LogP contribution in [0.5, 0.6) is 0 Å². The van der Waals surface area contributed by atoms with Crippen molar-refractivity contribution in [2.45, 2.75) is 44.3 Å². The molecule has 2 atom stereocenters. The lowest BCUT2D eigenvalue weighted by molar-refractivity contribution is -0.159. The summed E-state index contributed by atoms with van der Waals surface area (Å²) in [4.78, 5) is 16.0. The largest absolute Gasteiger partial charge is 0.471 e. The number of nitrogens with one attached hydrogen (secondary N) is 1. The van der Waals surface area contributed by atoms with Crippen molar-refractivity contribution in [1.82, 2.24) is 10.1 Å². The number of hydrogen-bond donors (Lipinski definition) is 2. The number of hydrogen-bond acceptors (Lipinski definition) is 5. The predicted octanol–water partition coefficient (Wildman–Crippen LogP) is 4.27. The van der Waals surface area contributed by atoms with E-state index in [-0.39, 0.29) is 36.1 Å². The molecule has 2 fully saturated rings. The summed E-state index contributed by atoms with van der Waals surface area (Å²) in [5, 5.41) is 6.25. The van der Waals surface area contributed by atoms with Gasteiger partial charge >= 0.3 is 12.1 Å². The van der Waals surface area contributed by atoms with Crippen LogP contribution in [-0.4, -0.2) is 22.1 Å². The third-order valence-electron chi connectivity index (χ3n) is 5.86. The molecule has 1 aromatic carbocycles. The van der Waals surface area contributed by atoms with Crippen LogP contribution >= 0.6 is 12.4 Å². The third-order valence-corrected chi connectivity index (χ3v) is 5.86. The van der Waals surface area contributed by atoms with Crippen LogP contribution in [0.2, 0.25) is 0 Å². The van der Waals surface area contributed by atoms with E-state index in [0.717, 1.165) is 25.7 Å². The molecule has 2 saturated carbocycles. The molecule has 10 heteroatoms. The molecule has 0 radical (unpaired) electrons. The lowest BCUT2D eigenvalue weighted by Crippen LogP contribution is -2.48. The zero-order chi connectivity index (χ0) is 19.9. The highest BCUT2D eigenvalue weighted by Gasteiger charge is 2.40. The van der Waals surface area contributed by atoms with Gasteiger partial charge in [0.1, 0.15) is 0 Å². The van der Waals surface area contributed by atoms with Gasteiger partial charge in [-0.15, -0.1) is 12.4 Å². The summed E-state index contributed by atoms with van der Waals surface area (Å²) in [5.74, 6) is -0.810. The number of fused-ring (bicyclic) bond motifs is 2. The van der Waals surface area contributed by atoms with Crippen LogP contribution < -0.4 is 11.1 Å². The van der Waals surface area contributed by atoms with Gasteiger partial charge in [-0.2, -0.15) is 18.2 Å². The number of aromatic nitrogens is 2. The van der Waals surface area contributed by atoms with Crippen molar-refractivity contribution < 1.29 is 22.5 Å². The molecule has 1 aromatic heterocycles. The highest BCUT2D eigenvalue weighted by molar-refractivity contribution is 5.92. The molecule has 1 amide bonds. The standard InChI is InChI=1S/C19H21F3N4O2.ClH/c20-19(21,22)18-25-16(26-28-18)10-4-6-14(7-5-10)24-17(27)13-8-11-2-1-3-12(9-13)15(11)23;/h4-7,11-13,15H,1-3,8-9,23H2,(H,24,27);1H. The van der Waals surface area contributed by atoms with Crippen LogP contribution in [0.1, 0.15) is 38.0 Å². The van der Waals surface area contributed by atoms with Gasteiger partial charge in [0.05, 0.1) is 0 Å². The fraction of sp³-hybridized carbons (Fsp3) is 0.526. The number of alkyl halides is 3. The third kappa shape index (κ3) is 4.56. The topological polar surface area (TPSA) is 94.0 Å². The van der Waals surface area contributed by atoms with Crippen molar-refractivity contribution in [3.05, 3.63) is 30.2 Å². The quantitative estimate of drug-likeness (QED) is 0.758. The van der Waals surface area contributed by atoms with Crippen LogP contribution in [0.3, 0.4) is 0 Å². The van der Waals surface area contributed by atoms with Crippen LogP contribution in [0.4, 0.5) is 18.9 Å². The predicted molar refractivity (Wildman–Crippen MR) is 102 cm³/mol. The number of nitrogens with two attached hydrogens (primary N) is 1. The molecule has 2 unspecified atom stereocenters. The van der Waals surface area contributed by atoms with E-state index < -0.39 is 12.1 Å². The molecule has 0 saturated heterocycles. The number of benzene rings is 1. The molecule has 2 aliphatic rings. The van der Waals surface area contributed by atoms with Gasteiger partial charge in [-0.05, 0) is 61.8 Å². The van der Waals surface area contributed by atoms with Crippen molar-refractivity contribution in [2.75, 3.05) is 5.32 Å². The summed E-state index contributed by atoms with van der Waals surface area (Å²) in [6.07, 6.45) is 0.293. The van der Waals surface area contributed by atoms with Gasteiger partial charge < -0.3 is 15.6 Å². The number of carbonyl (C=O) groups is 1. The van der Waals surface area contributed by atoms with E-state index >= 15 is 0 Å². The van der Waals surface area contributed by atoms with E-state index in [9.17, 15) is 18.0 Å².